The van der Waals surface area contributed by atoms with Gasteiger partial charge in [0.1, 0.15) is 5.76 Å². The first-order valence-corrected chi connectivity index (χ1v) is 11.1. The zero-order chi connectivity index (χ0) is 19.8. The number of carbonyl (C=O) groups excluding carboxylic acids is 1. The van der Waals surface area contributed by atoms with Crippen LogP contribution in [0.4, 0.5) is 0 Å². The third-order valence-electron chi connectivity index (χ3n) is 6.76. The van der Waals surface area contributed by atoms with Gasteiger partial charge in [0.2, 0.25) is 0 Å². The molecule has 154 valence electrons. The van der Waals surface area contributed by atoms with Gasteiger partial charge in [0.25, 0.3) is 11.5 Å². The van der Waals surface area contributed by atoms with Crippen molar-refractivity contribution in [2.24, 2.45) is 5.92 Å². The third-order valence-corrected chi connectivity index (χ3v) is 6.76. The molecule has 29 heavy (non-hydrogen) atoms. The van der Waals surface area contributed by atoms with Crippen LogP contribution in [0.3, 0.4) is 0 Å². The Hall–Kier alpha value is -2.44. The summed E-state index contributed by atoms with van der Waals surface area (Å²) in [5, 5.41) is 8.74. The minimum Gasteiger partial charge on any atom is -0.360 e. The van der Waals surface area contributed by atoms with Gasteiger partial charge >= 0.3 is 0 Å². The molecule has 2 aliphatic carbocycles. The van der Waals surface area contributed by atoms with Crippen LogP contribution in [0.25, 0.3) is 0 Å². The summed E-state index contributed by atoms with van der Waals surface area (Å²) in [6.45, 7) is 2.04. The van der Waals surface area contributed by atoms with E-state index in [0.29, 0.717) is 31.2 Å². The Labute approximate surface area is 170 Å². The molecular weight excluding hydrogens is 368 g/mol. The molecular formula is C22H28N4O3. The second kappa shape index (κ2) is 7.76. The summed E-state index contributed by atoms with van der Waals surface area (Å²) in [7, 11) is 0. The van der Waals surface area contributed by atoms with Crippen molar-refractivity contribution in [3.63, 3.8) is 0 Å². The minimum absolute atomic E-state index is 0.000535. The fraction of sp³-hybridized carbons (Fsp3) is 0.636. The van der Waals surface area contributed by atoms with Gasteiger partial charge in [-0.3, -0.25) is 9.59 Å². The Balaban J connectivity index is 1.23. The van der Waals surface area contributed by atoms with Crippen LogP contribution in [0.1, 0.15) is 71.6 Å². The summed E-state index contributed by atoms with van der Waals surface area (Å²) < 4.78 is 7.07. The van der Waals surface area contributed by atoms with Crippen LogP contribution in [-0.4, -0.2) is 38.8 Å². The summed E-state index contributed by atoms with van der Waals surface area (Å²) in [5.41, 5.74) is 3.78. The van der Waals surface area contributed by atoms with Crippen LogP contribution in [0.5, 0.6) is 0 Å². The van der Waals surface area contributed by atoms with Crippen LogP contribution < -0.4 is 5.56 Å². The lowest BCUT2D eigenvalue weighted by Gasteiger charge is -2.32. The maximum Gasteiger partial charge on any atom is 0.276 e. The third kappa shape index (κ3) is 3.63. The van der Waals surface area contributed by atoms with Gasteiger partial charge in [0.05, 0.1) is 5.69 Å². The maximum absolute atomic E-state index is 12.9. The van der Waals surface area contributed by atoms with Crippen LogP contribution in [0.2, 0.25) is 0 Å². The van der Waals surface area contributed by atoms with Gasteiger partial charge in [0, 0.05) is 37.7 Å². The highest BCUT2D eigenvalue weighted by atomic mass is 16.5. The monoisotopic (exact) mass is 396 g/mol. The van der Waals surface area contributed by atoms with E-state index in [9.17, 15) is 9.59 Å². The lowest BCUT2D eigenvalue weighted by atomic mass is 9.94. The first-order chi connectivity index (χ1) is 14.2. The highest BCUT2D eigenvalue weighted by molar-refractivity contribution is 5.94. The van der Waals surface area contributed by atoms with Crippen LogP contribution in [0.15, 0.2) is 15.4 Å². The number of rotatable bonds is 3. The molecule has 0 unspecified atom stereocenters. The van der Waals surface area contributed by atoms with Crippen molar-refractivity contribution >= 4 is 5.91 Å². The van der Waals surface area contributed by atoms with Crippen LogP contribution >= 0.6 is 0 Å². The molecule has 0 bridgehead atoms. The van der Waals surface area contributed by atoms with Crippen molar-refractivity contribution in [2.45, 2.75) is 70.8 Å². The molecule has 0 radical (unpaired) electrons. The van der Waals surface area contributed by atoms with E-state index in [0.717, 1.165) is 86.8 Å². The molecule has 0 N–H and O–H groups in total. The van der Waals surface area contributed by atoms with Gasteiger partial charge < -0.3 is 9.42 Å². The fourth-order valence-corrected chi connectivity index (χ4v) is 5.00. The Kier molecular flexibility index (Phi) is 4.97. The quantitative estimate of drug-likeness (QED) is 0.796. The molecule has 2 aromatic rings. The van der Waals surface area contributed by atoms with Gasteiger partial charge in [-0.1, -0.05) is 5.16 Å². The first-order valence-electron chi connectivity index (χ1n) is 11.1. The highest BCUT2D eigenvalue weighted by Crippen LogP contribution is 2.27. The van der Waals surface area contributed by atoms with E-state index < -0.39 is 0 Å². The largest absolute Gasteiger partial charge is 0.360 e. The van der Waals surface area contributed by atoms with Crippen molar-refractivity contribution in [1.82, 2.24) is 19.8 Å². The predicted octanol–water partition coefficient (Wildman–Crippen LogP) is 2.54. The highest BCUT2D eigenvalue weighted by Gasteiger charge is 2.30. The van der Waals surface area contributed by atoms with Crippen molar-refractivity contribution < 1.29 is 9.32 Å². The van der Waals surface area contributed by atoms with E-state index >= 15 is 0 Å². The normalized spacial score (nSPS) is 19.7. The average molecular weight is 396 g/mol. The molecule has 0 aromatic carbocycles. The van der Waals surface area contributed by atoms with Crippen molar-refractivity contribution in [3.05, 3.63) is 44.7 Å². The molecule has 0 atom stereocenters. The zero-order valence-electron chi connectivity index (χ0n) is 16.9. The van der Waals surface area contributed by atoms with Crippen LogP contribution in [-0.2, 0) is 32.2 Å². The smallest absolute Gasteiger partial charge is 0.276 e. The molecule has 1 aliphatic heterocycles. The van der Waals surface area contributed by atoms with Crippen molar-refractivity contribution in [3.8, 4) is 0 Å². The maximum atomic E-state index is 12.9. The number of aromatic nitrogens is 3. The minimum atomic E-state index is -0.000535. The number of amides is 1. The first kappa shape index (κ1) is 18.6. The van der Waals surface area contributed by atoms with Gasteiger partial charge in [-0.15, -0.1) is 0 Å². The second-order valence-corrected chi connectivity index (χ2v) is 8.72. The molecule has 1 amide bonds. The average Bonchev–Trinajstić information content (AvgIpc) is 3.18. The lowest BCUT2D eigenvalue weighted by Crippen LogP contribution is -2.41. The number of piperidine rings is 1. The van der Waals surface area contributed by atoms with Gasteiger partial charge in [-0.2, -0.15) is 5.10 Å². The van der Waals surface area contributed by atoms with E-state index in [4.69, 9.17) is 4.52 Å². The predicted molar refractivity (Wildman–Crippen MR) is 107 cm³/mol. The molecule has 7 heteroatoms. The Bertz CT molecular complexity index is 969. The van der Waals surface area contributed by atoms with E-state index in [2.05, 4.69) is 10.3 Å². The van der Waals surface area contributed by atoms with Crippen molar-refractivity contribution in [1.29, 1.82) is 0 Å². The molecule has 2 aromatic heterocycles. The summed E-state index contributed by atoms with van der Waals surface area (Å²) in [6, 6.07) is 1.79. The van der Waals surface area contributed by atoms with E-state index in [1.165, 1.54) is 0 Å². The lowest BCUT2D eigenvalue weighted by molar-refractivity contribution is 0.0669. The van der Waals surface area contributed by atoms with E-state index in [1.807, 2.05) is 4.90 Å². The van der Waals surface area contributed by atoms with E-state index in [1.54, 1.807) is 10.7 Å². The zero-order valence-corrected chi connectivity index (χ0v) is 16.9. The number of fused-ring (bicyclic) bond motifs is 2. The molecule has 1 saturated heterocycles. The topological polar surface area (TPSA) is 81.2 Å². The number of hydrogen-bond acceptors (Lipinski definition) is 5. The number of likely N-dealkylation sites (tertiary alicyclic amines) is 1. The molecule has 3 aliphatic rings. The Morgan fingerprint density at radius 2 is 1.83 bits per heavy atom. The molecule has 5 rings (SSSR count). The molecule has 0 spiro atoms. The molecule has 7 nitrogen and oxygen atoms in total. The van der Waals surface area contributed by atoms with Gasteiger partial charge in [0.15, 0.2) is 5.69 Å². The fourth-order valence-electron chi connectivity index (χ4n) is 5.00. The number of aryl methyl sites for hydroxylation is 3. The van der Waals surface area contributed by atoms with E-state index in [-0.39, 0.29) is 11.5 Å². The number of carbonyl (C=O) groups is 1. The summed E-state index contributed by atoms with van der Waals surface area (Å²) >= 11 is 0. The molecule has 1 fully saturated rings. The number of nitrogens with zero attached hydrogens (tertiary/aromatic N) is 4. The molecule has 0 saturated carbocycles. The standard InChI is InChI=1S/C22H28N4O3/c27-20-13-16-5-1-3-7-18(16)23-26(20)14-15-9-11-25(12-10-15)22(28)21-17-6-2-4-8-19(17)29-24-21/h13,15H,1-12,14H2. The van der Waals surface area contributed by atoms with Crippen molar-refractivity contribution in [2.75, 3.05) is 13.1 Å². The van der Waals surface area contributed by atoms with Gasteiger partial charge in [-0.05, 0) is 69.3 Å². The SMILES string of the molecule is O=C(c1noc2c1CCCC2)N1CCC(Cn2nc3c(cc2=O)CCCC3)CC1. The summed E-state index contributed by atoms with van der Waals surface area (Å²) in [4.78, 5) is 27.3. The van der Waals surface area contributed by atoms with Crippen LogP contribution in [0, 0.1) is 5.92 Å². The second-order valence-electron chi connectivity index (χ2n) is 8.72. The van der Waals surface area contributed by atoms with Gasteiger partial charge in [-0.25, -0.2) is 4.68 Å². The summed E-state index contributed by atoms with van der Waals surface area (Å²) in [6.07, 6.45) is 10.0. The Morgan fingerprint density at radius 1 is 1.07 bits per heavy atom. The number of hydrogen-bond donors (Lipinski definition) is 0. The molecule has 3 heterocycles. The Morgan fingerprint density at radius 3 is 2.69 bits per heavy atom. The summed E-state index contributed by atoms with van der Waals surface area (Å²) in [5.74, 6) is 1.27.